The van der Waals surface area contributed by atoms with Crippen molar-refractivity contribution in [2.24, 2.45) is 5.73 Å². The maximum atomic E-state index is 9.51. The van der Waals surface area contributed by atoms with Crippen LogP contribution in [0.2, 0.25) is 0 Å². The van der Waals surface area contributed by atoms with Gasteiger partial charge in [-0.25, -0.2) is 0 Å². The van der Waals surface area contributed by atoms with Gasteiger partial charge in [0, 0.05) is 24.3 Å². The molecule has 3 nitrogen and oxygen atoms in total. The fraction of sp³-hybridized carbons (Fsp3) is 0.538. The van der Waals surface area contributed by atoms with Crippen LogP contribution in [-0.2, 0) is 6.42 Å². The van der Waals surface area contributed by atoms with Crippen molar-refractivity contribution in [3.8, 4) is 5.75 Å². The predicted molar refractivity (Wildman–Crippen MR) is 64.8 cm³/mol. The summed E-state index contributed by atoms with van der Waals surface area (Å²) in [5, 5.41) is 9.51. The fourth-order valence-electron chi connectivity index (χ4n) is 3.22. The van der Waals surface area contributed by atoms with E-state index in [0.717, 1.165) is 13.0 Å². The van der Waals surface area contributed by atoms with Crippen LogP contribution < -0.4 is 10.6 Å². The van der Waals surface area contributed by atoms with Crippen molar-refractivity contribution < 1.29 is 5.11 Å². The first-order valence-corrected chi connectivity index (χ1v) is 6.10. The van der Waals surface area contributed by atoms with Crippen LogP contribution in [0.25, 0.3) is 0 Å². The minimum atomic E-state index is 0.376. The molecule has 3 N–H and O–H groups in total. The first-order chi connectivity index (χ1) is 7.79. The number of nitrogens with zero attached hydrogens (tertiary/aromatic N) is 1. The first-order valence-electron chi connectivity index (χ1n) is 6.10. The Balaban J connectivity index is 2.02. The molecule has 2 aliphatic heterocycles. The van der Waals surface area contributed by atoms with Gasteiger partial charge < -0.3 is 15.7 Å². The van der Waals surface area contributed by atoms with Gasteiger partial charge in [-0.1, -0.05) is 0 Å². The van der Waals surface area contributed by atoms with Crippen LogP contribution in [0.1, 0.15) is 24.8 Å². The molecule has 0 bridgehead atoms. The number of benzene rings is 1. The molecule has 2 aliphatic rings. The first kappa shape index (κ1) is 9.97. The van der Waals surface area contributed by atoms with Crippen molar-refractivity contribution in [2.45, 2.75) is 37.8 Å². The van der Waals surface area contributed by atoms with Crippen LogP contribution in [0.3, 0.4) is 0 Å². The number of hydrogen-bond donors (Lipinski definition) is 2. The standard InChI is InChI=1S/C13H18N2O/c14-8-11-4-3-10-2-1-9-7-12(16)5-6-13(9)15(10)11/h5-7,10-11,16H,1-4,8,14H2. The van der Waals surface area contributed by atoms with Gasteiger partial charge in [-0.3, -0.25) is 0 Å². The molecule has 1 saturated heterocycles. The number of fused-ring (bicyclic) bond motifs is 3. The summed E-state index contributed by atoms with van der Waals surface area (Å²) in [5.74, 6) is 0.376. The molecule has 0 spiro atoms. The highest BCUT2D eigenvalue weighted by molar-refractivity contribution is 5.60. The smallest absolute Gasteiger partial charge is 0.116 e. The van der Waals surface area contributed by atoms with Crippen molar-refractivity contribution in [1.29, 1.82) is 0 Å². The number of aromatic hydroxyl groups is 1. The molecule has 0 radical (unpaired) electrons. The van der Waals surface area contributed by atoms with Crippen LogP contribution in [0.15, 0.2) is 18.2 Å². The molecule has 1 aromatic rings. The summed E-state index contributed by atoms with van der Waals surface area (Å²) in [6.45, 7) is 0.733. The molecule has 1 aromatic carbocycles. The third-order valence-corrected chi connectivity index (χ3v) is 3.98. The quantitative estimate of drug-likeness (QED) is 0.753. The number of phenolic OH excluding ortho intramolecular Hbond substituents is 1. The van der Waals surface area contributed by atoms with Gasteiger partial charge >= 0.3 is 0 Å². The van der Waals surface area contributed by atoms with E-state index in [1.54, 1.807) is 6.07 Å². The molecule has 2 heterocycles. The lowest BCUT2D eigenvalue weighted by Gasteiger charge is -2.37. The zero-order valence-corrected chi connectivity index (χ0v) is 9.39. The van der Waals surface area contributed by atoms with E-state index in [0.29, 0.717) is 17.8 Å². The van der Waals surface area contributed by atoms with Crippen molar-refractivity contribution in [3.05, 3.63) is 23.8 Å². The van der Waals surface area contributed by atoms with Crippen LogP contribution in [0, 0.1) is 0 Å². The van der Waals surface area contributed by atoms with Gasteiger partial charge in [0.05, 0.1) is 0 Å². The zero-order valence-electron chi connectivity index (χ0n) is 9.39. The number of aryl methyl sites for hydroxylation is 1. The molecule has 16 heavy (non-hydrogen) atoms. The summed E-state index contributed by atoms with van der Waals surface area (Å²) in [6.07, 6.45) is 4.76. The normalized spacial score (nSPS) is 27.7. The average molecular weight is 218 g/mol. The van der Waals surface area contributed by atoms with Gasteiger partial charge in [0.25, 0.3) is 0 Å². The minimum Gasteiger partial charge on any atom is -0.508 e. The summed E-state index contributed by atoms with van der Waals surface area (Å²) >= 11 is 0. The van der Waals surface area contributed by atoms with Crippen molar-refractivity contribution in [3.63, 3.8) is 0 Å². The topological polar surface area (TPSA) is 49.5 Å². The lowest BCUT2D eigenvalue weighted by Crippen LogP contribution is -2.43. The Morgan fingerprint density at radius 1 is 1.31 bits per heavy atom. The number of nitrogens with two attached hydrogens (primary N) is 1. The minimum absolute atomic E-state index is 0.376. The van der Waals surface area contributed by atoms with Gasteiger partial charge in [-0.2, -0.15) is 0 Å². The lowest BCUT2D eigenvalue weighted by molar-refractivity contribution is 0.472. The Hall–Kier alpha value is -1.22. The molecule has 0 aromatic heterocycles. The Labute approximate surface area is 95.9 Å². The van der Waals surface area contributed by atoms with Gasteiger partial charge in [-0.05, 0) is 49.4 Å². The molecule has 86 valence electrons. The second-order valence-corrected chi connectivity index (χ2v) is 4.88. The lowest BCUT2D eigenvalue weighted by atomic mass is 9.96. The van der Waals surface area contributed by atoms with E-state index < -0.39 is 0 Å². The zero-order chi connectivity index (χ0) is 11.1. The van der Waals surface area contributed by atoms with Gasteiger partial charge in [0.2, 0.25) is 0 Å². The summed E-state index contributed by atoms with van der Waals surface area (Å²) in [4.78, 5) is 2.48. The molecule has 1 fully saturated rings. The molecule has 2 unspecified atom stereocenters. The maximum absolute atomic E-state index is 9.51. The van der Waals surface area contributed by atoms with Gasteiger partial charge in [0.15, 0.2) is 0 Å². The third-order valence-electron chi connectivity index (χ3n) is 3.98. The molecule has 3 heteroatoms. The van der Waals surface area contributed by atoms with Crippen LogP contribution >= 0.6 is 0 Å². The maximum Gasteiger partial charge on any atom is 0.116 e. The summed E-state index contributed by atoms with van der Waals surface area (Å²) in [7, 11) is 0. The Kier molecular flexibility index (Phi) is 2.28. The van der Waals surface area contributed by atoms with E-state index in [4.69, 9.17) is 5.73 Å². The largest absolute Gasteiger partial charge is 0.508 e. The van der Waals surface area contributed by atoms with Crippen LogP contribution in [0.5, 0.6) is 5.75 Å². The second kappa shape index (κ2) is 3.67. The monoisotopic (exact) mass is 218 g/mol. The molecular weight excluding hydrogens is 200 g/mol. The van der Waals surface area contributed by atoms with Crippen LogP contribution in [0.4, 0.5) is 5.69 Å². The summed E-state index contributed by atoms with van der Waals surface area (Å²) < 4.78 is 0. The van der Waals surface area contributed by atoms with Gasteiger partial charge in [0.1, 0.15) is 5.75 Å². The van der Waals surface area contributed by atoms with Crippen molar-refractivity contribution in [2.75, 3.05) is 11.4 Å². The highest BCUT2D eigenvalue weighted by Crippen LogP contribution is 2.40. The summed E-state index contributed by atoms with van der Waals surface area (Å²) in [5.41, 5.74) is 8.40. The van der Waals surface area contributed by atoms with E-state index in [-0.39, 0.29) is 0 Å². The van der Waals surface area contributed by atoms with E-state index in [2.05, 4.69) is 4.90 Å². The summed E-state index contributed by atoms with van der Waals surface area (Å²) in [6, 6.07) is 6.90. The number of anilines is 1. The second-order valence-electron chi connectivity index (χ2n) is 4.88. The van der Waals surface area contributed by atoms with E-state index >= 15 is 0 Å². The number of rotatable bonds is 1. The predicted octanol–water partition coefficient (Wildman–Crippen LogP) is 1.63. The highest BCUT2D eigenvalue weighted by Gasteiger charge is 2.36. The Morgan fingerprint density at radius 2 is 2.19 bits per heavy atom. The van der Waals surface area contributed by atoms with Gasteiger partial charge in [-0.15, -0.1) is 0 Å². The van der Waals surface area contributed by atoms with Crippen LogP contribution in [-0.4, -0.2) is 23.7 Å². The molecule has 3 rings (SSSR count). The molecule has 0 aliphatic carbocycles. The van der Waals surface area contributed by atoms with E-state index in [1.807, 2.05) is 12.1 Å². The van der Waals surface area contributed by atoms with Crippen molar-refractivity contribution >= 4 is 5.69 Å². The molecule has 0 saturated carbocycles. The average Bonchev–Trinajstić information content (AvgIpc) is 2.71. The fourth-order valence-corrected chi connectivity index (χ4v) is 3.22. The molecule has 0 amide bonds. The third kappa shape index (κ3) is 1.39. The highest BCUT2D eigenvalue weighted by atomic mass is 16.3. The van der Waals surface area contributed by atoms with E-state index in [9.17, 15) is 5.11 Å². The Morgan fingerprint density at radius 3 is 3.00 bits per heavy atom. The number of phenols is 1. The Bertz CT molecular complexity index is 405. The molecule has 2 atom stereocenters. The molecular formula is C13H18N2O. The van der Waals surface area contributed by atoms with E-state index in [1.165, 1.54) is 30.5 Å². The number of hydrogen-bond acceptors (Lipinski definition) is 3. The SMILES string of the molecule is NCC1CCC2CCc3cc(O)ccc3N12. The van der Waals surface area contributed by atoms with Crippen molar-refractivity contribution in [1.82, 2.24) is 0 Å².